The molecule has 0 spiro atoms. The molecule has 0 radical (unpaired) electrons. The highest BCUT2D eigenvalue weighted by atomic mass is 32.1. The van der Waals surface area contributed by atoms with Gasteiger partial charge in [0.05, 0.1) is 6.42 Å². The lowest BCUT2D eigenvalue weighted by molar-refractivity contribution is -0.160. The molecule has 0 aliphatic carbocycles. The van der Waals surface area contributed by atoms with Crippen molar-refractivity contribution >= 4 is 29.3 Å². The second-order valence-electron chi connectivity index (χ2n) is 3.87. The Labute approximate surface area is 111 Å². The van der Waals surface area contributed by atoms with Crippen LogP contribution in [0.4, 0.5) is 0 Å². The van der Waals surface area contributed by atoms with Gasteiger partial charge in [0.1, 0.15) is 6.04 Å². The number of hydrogen-bond donors (Lipinski definition) is 2. The molecule has 8 heteroatoms. The predicted octanol–water partition coefficient (Wildman–Crippen LogP) is -0.668. The van der Waals surface area contributed by atoms with Crippen LogP contribution < -0.4 is 11.5 Å². The highest BCUT2D eigenvalue weighted by Gasteiger charge is 2.23. The summed E-state index contributed by atoms with van der Waals surface area (Å²) >= 11 is 4.38. The fraction of sp³-hybridized carbons (Fsp3) is 0.700. The van der Waals surface area contributed by atoms with Crippen LogP contribution in [0.2, 0.25) is 0 Å². The Morgan fingerprint density at radius 1 is 1.39 bits per heavy atom. The summed E-state index contributed by atoms with van der Waals surface area (Å²) < 4.78 is 9.54. The van der Waals surface area contributed by atoms with Crippen LogP contribution >= 0.6 is 12.2 Å². The van der Waals surface area contributed by atoms with E-state index >= 15 is 0 Å². The lowest BCUT2D eigenvalue weighted by Crippen LogP contribution is -2.41. The summed E-state index contributed by atoms with van der Waals surface area (Å²) in [5.41, 5.74) is 10.5. The summed E-state index contributed by atoms with van der Waals surface area (Å²) in [6, 6.07) is -1.10. The van der Waals surface area contributed by atoms with Gasteiger partial charge in [-0.3, -0.25) is 14.5 Å². The Balaban J connectivity index is 4.25. The average molecular weight is 277 g/mol. The van der Waals surface area contributed by atoms with Gasteiger partial charge in [-0.2, -0.15) is 0 Å². The Kier molecular flexibility index (Phi) is 7.41. The van der Waals surface area contributed by atoms with E-state index in [2.05, 4.69) is 17.0 Å². The molecule has 0 heterocycles. The zero-order chi connectivity index (χ0) is 14.3. The summed E-state index contributed by atoms with van der Waals surface area (Å²) in [4.78, 5) is 24.5. The standard InChI is InChI=1S/C10H19N3O4S/c1-4-7(13(2)3)16-9(15)6(11)5-8(14)17-10(12)18/h6-7H,4-5,11H2,1-3H3,(H2,12,18). The Morgan fingerprint density at radius 2 is 1.94 bits per heavy atom. The lowest BCUT2D eigenvalue weighted by atomic mass is 10.2. The van der Waals surface area contributed by atoms with Crippen molar-refractivity contribution in [3.63, 3.8) is 0 Å². The van der Waals surface area contributed by atoms with Gasteiger partial charge < -0.3 is 20.9 Å². The third-order valence-electron chi connectivity index (χ3n) is 2.08. The molecule has 4 N–H and O–H groups in total. The molecule has 0 aromatic rings. The van der Waals surface area contributed by atoms with Gasteiger partial charge in [0, 0.05) is 0 Å². The van der Waals surface area contributed by atoms with E-state index in [4.69, 9.17) is 16.2 Å². The number of nitrogens with zero attached hydrogens (tertiary/aromatic N) is 1. The maximum absolute atomic E-state index is 11.6. The van der Waals surface area contributed by atoms with E-state index in [0.29, 0.717) is 6.42 Å². The number of nitrogens with two attached hydrogens (primary N) is 2. The molecule has 0 fully saturated rings. The first-order chi connectivity index (χ1) is 8.27. The SMILES string of the molecule is CCC(OC(=O)C(N)CC(=O)OC(N)=S)N(C)C. The monoisotopic (exact) mass is 277 g/mol. The smallest absolute Gasteiger partial charge is 0.325 e. The quantitative estimate of drug-likeness (QED) is 0.374. The largest absolute Gasteiger partial charge is 0.445 e. The van der Waals surface area contributed by atoms with Crippen LogP contribution in [0.25, 0.3) is 0 Å². The van der Waals surface area contributed by atoms with Crippen molar-refractivity contribution in [3.05, 3.63) is 0 Å². The molecular weight excluding hydrogens is 258 g/mol. The van der Waals surface area contributed by atoms with Crippen molar-refractivity contribution in [1.82, 2.24) is 4.90 Å². The molecule has 2 atom stereocenters. The van der Waals surface area contributed by atoms with Crippen LogP contribution in [0.3, 0.4) is 0 Å². The molecule has 0 aromatic carbocycles. The molecule has 0 amide bonds. The van der Waals surface area contributed by atoms with E-state index in [9.17, 15) is 9.59 Å². The third kappa shape index (κ3) is 6.48. The molecule has 0 bridgehead atoms. The molecule has 0 aliphatic heterocycles. The average Bonchev–Trinajstić information content (AvgIpc) is 2.23. The van der Waals surface area contributed by atoms with E-state index in [0.717, 1.165) is 0 Å². The first kappa shape index (κ1) is 16.8. The van der Waals surface area contributed by atoms with Gasteiger partial charge >= 0.3 is 11.9 Å². The van der Waals surface area contributed by atoms with Gasteiger partial charge in [-0.15, -0.1) is 0 Å². The summed E-state index contributed by atoms with van der Waals surface area (Å²) in [5.74, 6) is -1.43. The van der Waals surface area contributed by atoms with Crippen molar-refractivity contribution in [3.8, 4) is 0 Å². The van der Waals surface area contributed by atoms with Crippen molar-refractivity contribution < 1.29 is 19.1 Å². The highest BCUT2D eigenvalue weighted by molar-refractivity contribution is 7.80. The molecule has 0 aliphatic rings. The molecule has 104 valence electrons. The molecular formula is C10H19N3O4S. The van der Waals surface area contributed by atoms with Crippen LogP contribution in [-0.2, 0) is 19.1 Å². The number of thiocarbonyl (C=S) groups is 1. The molecule has 0 saturated carbocycles. The van der Waals surface area contributed by atoms with E-state index in [1.54, 1.807) is 19.0 Å². The van der Waals surface area contributed by atoms with Crippen molar-refractivity contribution in [2.24, 2.45) is 11.5 Å². The van der Waals surface area contributed by atoms with Gasteiger partial charge in [-0.25, -0.2) is 0 Å². The third-order valence-corrected chi connectivity index (χ3v) is 2.16. The fourth-order valence-electron chi connectivity index (χ4n) is 1.19. The van der Waals surface area contributed by atoms with Crippen LogP contribution in [-0.4, -0.2) is 48.4 Å². The molecule has 18 heavy (non-hydrogen) atoms. The number of rotatable bonds is 6. The number of ether oxygens (including phenoxy) is 2. The molecule has 0 saturated heterocycles. The minimum Gasteiger partial charge on any atom is -0.445 e. The summed E-state index contributed by atoms with van der Waals surface area (Å²) in [7, 11) is 3.54. The Morgan fingerprint density at radius 3 is 2.33 bits per heavy atom. The zero-order valence-corrected chi connectivity index (χ0v) is 11.5. The van der Waals surface area contributed by atoms with E-state index in [1.807, 2.05) is 6.92 Å². The first-order valence-corrected chi connectivity index (χ1v) is 5.81. The van der Waals surface area contributed by atoms with Crippen molar-refractivity contribution in [1.29, 1.82) is 0 Å². The normalized spacial score (nSPS) is 13.8. The van der Waals surface area contributed by atoms with Gasteiger partial charge in [0.2, 0.25) is 0 Å². The first-order valence-electron chi connectivity index (χ1n) is 5.40. The minimum absolute atomic E-state index is 0.333. The van der Waals surface area contributed by atoms with E-state index < -0.39 is 23.2 Å². The Bertz CT molecular complexity index is 322. The van der Waals surface area contributed by atoms with Gasteiger partial charge in [0.25, 0.3) is 5.17 Å². The van der Waals surface area contributed by atoms with E-state index in [1.165, 1.54) is 0 Å². The second kappa shape index (κ2) is 7.96. The molecule has 7 nitrogen and oxygen atoms in total. The van der Waals surface area contributed by atoms with Crippen LogP contribution in [0.1, 0.15) is 19.8 Å². The number of esters is 2. The molecule has 0 rings (SSSR count). The molecule has 0 aromatic heterocycles. The number of hydrogen-bond acceptors (Lipinski definition) is 7. The summed E-state index contributed by atoms with van der Waals surface area (Å²) in [6.07, 6.45) is -0.0989. The van der Waals surface area contributed by atoms with Gasteiger partial charge in [-0.1, -0.05) is 6.92 Å². The lowest BCUT2D eigenvalue weighted by Gasteiger charge is -2.24. The topological polar surface area (TPSA) is 108 Å². The Hall–Kier alpha value is -1.25. The fourth-order valence-corrected chi connectivity index (χ4v) is 1.29. The van der Waals surface area contributed by atoms with E-state index in [-0.39, 0.29) is 12.6 Å². The molecule has 2 unspecified atom stereocenters. The van der Waals surface area contributed by atoms with Crippen molar-refractivity contribution in [2.75, 3.05) is 14.1 Å². The van der Waals surface area contributed by atoms with Crippen LogP contribution in [0.5, 0.6) is 0 Å². The summed E-state index contributed by atoms with van der Waals surface area (Å²) in [5, 5.41) is -0.403. The minimum atomic E-state index is -1.10. The van der Waals surface area contributed by atoms with Crippen LogP contribution in [0, 0.1) is 0 Å². The zero-order valence-electron chi connectivity index (χ0n) is 10.7. The van der Waals surface area contributed by atoms with Gasteiger partial charge in [-0.05, 0) is 32.7 Å². The van der Waals surface area contributed by atoms with Crippen molar-refractivity contribution in [2.45, 2.75) is 32.0 Å². The van der Waals surface area contributed by atoms with Gasteiger partial charge in [0.15, 0.2) is 6.23 Å². The number of carbonyl (C=O) groups excluding carboxylic acids is 2. The summed E-state index contributed by atoms with van der Waals surface area (Å²) in [6.45, 7) is 1.87. The number of carbonyl (C=O) groups is 2. The highest BCUT2D eigenvalue weighted by Crippen LogP contribution is 2.04. The maximum Gasteiger partial charge on any atom is 0.325 e. The maximum atomic E-state index is 11.6. The predicted molar refractivity (Wildman–Crippen MR) is 69.3 cm³/mol. The second-order valence-corrected chi connectivity index (χ2v) is 4.27. The van der Waals surface area contributed by atoms with Crippen LogP contribution in [0.15, 0.2) is 0 Å².